The molecule has 0 fully saturated rings. The summed E-state index contributed by atoms with van der Waals surface area (Å²) in [5, 5.41) is 11.4. The van der Waals surface area contributed by atoms with Crippen LogP contribution in [0.1, 0.15) is 15.2 Å². The minimum absolute atomic E-state index is 0.207. The molecule has 1 aromatic heterocycles. The van der Waals surface area contributed by atoms with Crippen LogP contribution in [0.15, 0.2) is 30.5 Å². The molecule has 4 nitrogen and oxygen atoms in total. The first-order chi connectivity index (χ1) is 8.19. The lowest BCUT2D eigenvalue weighted by Gasteiger charge is -2.00. The molecule has 0 aliphatic rings. The highest BCUT2D eigenvalue weighted by molar-refractivity contribution is 7.16. The predicted molar refractivity (Wildman–Crippen MR) is 61.2 cm³/mol. The van der Waals surface area contributed by atoms with Crippen LogP contribution in [-0.4, -0.2) is 10.9 Å². The molecule has 1 amide bonds. The van der Waals surface area contributed by atoms with Gasteiger partial charge in [-0.05, 0) is 18.2 Å². The van der Waals surface area contributed by atoms with Crippen molar-refractivity contribution >= 4 is 22.4 Å². The number of benzene rings is 1. The molecule has 0 atom stereocenters. The Hall–Kier alpha value is -2.26. The van der Waals surface area contributed by atoms with Gasteiger partial charge in [0.2, 0.25) is 0 Å². The van der Waals surface area contributed by atoms with Crippen LogP contribution in [-0.2, 0) is 0 Å². The average Bonchev–Trinajstić information content (AvgIpc) is 2.77. The summed E-state index contributed by atoms with van der Waals surface area (Å²) in [5.74, 6) is -0.933. The van der Waals surface area contributed by atoms with Gasteiger partial charge in [0.05, 0.1) is 6.20 Å². The van der Waals surface area contributed by atoms with Gasteiger partial charge >= 0.3 is 0 Å². The van der Waals surface area contributed by atoms with Gasteiger partial charge in [-0.3, -0.25) is 10.1 Å². The van der Waals surface area contributed by atoms with Crippen LogP contribution in [0.2, 0.25) is 0 Å². The molecule has 1 N–H and O–H groups in total. The highest BCUT2D eigenvalue weighted by Gasteiger charge is 2.09. The van der Waals surface area contributed by atoms with Gasteiger partial charge in [0.15, 0.2) is 5.13 Å². The lowest BCUT2D eigenvalue weighted by molar-refractivity contribution is 0.102. The van der Waals surface area contributed by atoms with Crippen LogP contribution in [0.5, 0.6) is 0 Å². The molecule has 2 rings (SSSR count). The maximum absolute atomic E-state index is 12.9. The Morgan fingerprint density at radius 3 is 3.00 bits per heavy atom. The van der Waals surface area contributed by atoms with E-state index in [2.05, 4.69) is 10.3 Å². The largest absolute Gasteiger partial charge is 0.298 e. The molecule has 1 aromatic carbocycles. The zero-order valence-corrected chi connectivity index (χ0v) is 9.29. The van der Waals surface area contributed by atoms with Gasteiger partial charge < -0.3 is 0 Å². The van der Waals surface area contributed by atoms with Crippen molar-refractivity contribution in [3.8, 4) is 6.07 Å². The molecule has 0 radical (unpaired) electrons. The van der Waals surface area contributed by atoms with Crippen molar-refractivity contribution in [2.75, 3.05) is 5.32 Å². The molecule has 6 heteroatoms. The second-order valence-electron chi connectivity index (χ2n) is 3.11. The van der Waals surface area contributed by atoms with Gasteiger partial charge in [0.1, 0.15) is 16.8 Å². The number of halogens is 1. The molecular formula is C11H6FN3OS. The minimum atomic E-state index is -0.477. The number of anilines is 1. The van der Waals surface area contributed by atoms with Gasteiger partial charge in [-0.15, -0.1) is 0 Å². The fourth-order valence-electron chi connectivity index (χ4n) is 1.18. The maximum atomic E-state index is 12.9. The highest BCUT2D eigenvalue weighted by atomic mass is 32.1. The molecule has 84 valence electrons. The van der Waals surface area contributed by atoms with Crippen molar-refractivity contribution in [2.24, 2.45) is 0 Å². The lowest BCUT2D eigenvalue weighted by Crippen LogP contribution is -2.11. The van der Waals surface area contributed by atoms with Crippen LogP contribution < -0.4 is 5.32 Å². The summed E-state index contributed by atoms with van der Waals surface area (Å²) in [6.07, 6.45) is 1.37. The molecule has 2 aromatic rings. The number of nitrogens with zero attached hydrogens (tertiary/aromatic N) is 2. The van der Waals surface area contributed by atoms with Crippen molar-refractivity contribution < 1.29 is 9.18 Å². The van der Waals surface area contributed by atoms with E-state index >= 15 is 0 Å². The Kier molecular flexibility index (Phi) is 3.12. The number of amides is 1. The Labute approximate surface area is 100 Å². The molecule has 0 aliphatic heterocycles. The zero-order chi connectivity index (χ0) is 12.3. The van der Waals surface area contributed by atoms with Gasteiger partial charge in [-0.25, -0.2) is 9.37 Å². The molecule has 0 bridgehead atoms. The van der Waals surface area contributed by atoms with Gasteiger partial charge in [0, 0.05) is 5.56 Å². The van der Waals surface area contributed by atoms with Crippen molar-refractivity contribution in [3.05, 3.63) is 46.7 Å². The van der Waals surface area contributed by atoms with E-state index in [1.807, 2.05) is 6.07 Å². The minimum Gasteiger partial charge on any atom is -0.298 e. The first kappa shape index (κ1) is 11.2. The molecule has 0 aliphatic carbocycles. The summed E-state index contributed by atoms with van der Waals surface area (Å²) in [7, 11) is 0. The number of carbonyl (C=O) groups excluding carboxylic acids is 1. The van der Waals surface area contributed by atoms with Crippen molar-refractivity contribution in [3.63, 3.8) is 0 Å². The fourth-order valence-corrected chi connectivity index (χ4v) is 1.79. The third kappa shape index (κ3) is 2.65. The summed E-state index contributed by atoms with van der Waals surface area (Å²) < 4.78 is 12.9. The third-order valence-corrected chi connectivity index (χ3v) is 2.74. The van der Waals surface area contributed by atoms with Crippen molar-refractivity contribution in [1.82, 2.24) is 4.98 Å². The van der Waals surface area contributed by atoms with E-state index in [0.29, 0.717) is 10.0 Å². The van der Waals surface area contributed by atoms with Crippen molar-refractivity contribution in [1.29, 1.82) is 5.26 Å². The number of nitriles is 1. The van der Waals surface area contributed by atoms with Crippen molar-refractivity contribution in [2.45, 2.75) is 0 Å². The SMILES string of the molecule is N#Cc1cnc(NC(=O)c2cccc(F)c2)s1. The fraction of sp³-hybridized carbons (Fsp3) is 0. The quantitative estimate of drug-likeness (QED) is 0.886. The van der Waals surface area contributed by atoms with E-state index in [0.717, 1.165) is 17.4 Å². The molecule has 1 heterocycles. The second-order valence-corrected chi connectivity index (χ2v) is 4.14. The number of thiazole rings is 1. The molecular weight excluding hydrogens is 241 g/mol. The monoisotopic (exact) mass is 247 g/mol. The number of hydrogen-bond donors (Lipinski definition) is 1. The lowest BCUT2D eigenvalue weighted by atomic mass is 10.2. The van der Waals surface area contributed by atoms with Gasteiger partial charge in [-0.2, -0.15) is 5.26 Å². The van der Waals surface area contributed by atoms with Crippen LogP contribution in [0.3, 0.4) is 0 Å². The molecule has 17 heavy (non-hydrogen) atoms. The third-order valence-electron chi connectivity index (χ3n) is 1.92. The summed E-state index contributed by atoms with van der Waals surface area (Å²) in [4.78, 5) is 15.9. The zero-order valence-electron chi connectivity index (χ0n) is 8.48. The van der Waals surface area contributed by atoms with E-state index in [1.165, 1.54) is 24.4 Å². The Morgan fingerprint density at radius 2 is 2.35 bits per heavy atom. The standard InChI is InChI=1S/C11H6FN3OS/c12-8-3-1-2-7(4-8)10(16)15-11-14-6-9(5-13)17-11/h1-4,6H,(H,14,15,16). The van der Waals surface area contributed by atoms with Gasteiger partial charge in [0.25, 0.3) is 5.91 Å². The molecule has 0 unspecified atom stereocenters. The first-order valence-electron chi connectivity index (χ1n) is 4.62. The summed E-state index contributed by atoms with van der Waals surface area (Å²) in [6, 6.07) is 7.25. The van der Waals surface area contributed by atoms with E-state index in [9.17, 15) is 9.18 Å². The van der Waals surface area contributed by atoms with Crippen LogP contribution in [0.4, 0.5) is 9.52 Å². The molecule has 0 saturated carbocycles. The van der Waals surface area contributed by atoms with Crippen LogP contribution >= 0.6 is 11.3 Å². The van der Waals surface area contributed by atoms with E-state index in [1.54, 1.807) is 0 Å². The second kappa shape index (κ2) is 4.72. The number of rotatable bonds is 2. The number of aromatic nitrogens is 1. The number of nitrogens with one attached hydrogen (secondary N) is 1. The average molecular weight is 247 g/mol. The Balaban J connectivity index is 2.14. The van der Waals surface area contributed by atoms with E-state index in [4.69, 9.17) is 5.26 Å². The highest BCUT2D eigenvalue weighted by Crippen LogP contribution is 2.17. The predicted octanol–water partition coefficient (Wildman–Crippen LogP) is 2.41. The normalized spacial score (nSPS) is 9.65. The summed E-state index contributed by atoms with van der Waals surface area (Å²) in [5.41, 5.74) is 0.207. The summed E-state index contributed by atoms with van der Waals surface area (Å²) in [6.45, 7) is 0. The van der Waals surface area contributed by atoms with E-state index in [-0.39, 0.29) is 5.56 Å². The molecule has 0 saturated heterocycles. The first-order valence-corrected chi connectivity index (χ1v) is 5.43. The molecule has 0 spiro atoms. The smallest absolute Gasteiger partial charge is 0.257 e. The summed E-state index contributed by atoms with van der Waals surface area (Å²) >= 11 is 1.06. The van der Waals surface area contributed by atoms with Crippen LogP contribution in [0, 0.1) is 17.1 Å². The Morgan fingerprint density at radius 1 is 1.53 bits per heavy atom. The number of carbonyl (C=O) groups is 1. The topological polar surface area (TPSA) is 65.8 Å². The van der Waals surface area contributed by atoms with E-state index < -0.39 is 11.7 Å². The van der Waals surface area contributed by atoms with Crippen LogP contribution in [0.25, 0.3) is 0 Å². The maximum Gasteiger partial charge on any atom is 0.257 e. The Bertz CT molecular complexity index is 603. The number of hydrogen-bond acceptors (Lipinski definition) is 4. The van der Waals surface area contributed by atoms with Gasteiger partial charge in [-0.1, -0.05) is 17.4 Å².